The molecule has 4 nitrogen and oxygen atoms in total. The molecule has 0 fully saturated rings. The fourth-order valence-corrected chi connectivity index (χ4v) is 3.25. The van der Waals surface area contributed by atoms with Gasteiger partial charge in [0.25, 0.3) is 0 Å². The van der Waals surface area contributed by atoms with Crippen molar-refractivity contribution >= 4 is 17.4 Å². The van der Waals surface area contributed by atoms with Gasteiger partial charge in [-0.1, -0.05) is 33.8 Å². The molecule has 0 bridgehead atoms. The normalized spacial score (nSPS) is 14.8. The maximum Gasteiger partial charge on any atom is 0.407 e. The third-order valence-corrected chi connectivity index (χ3v) is 4.54. The van der Waals surface area contributed by atoms with Gasteiger partial charge in [0.15, 0.2) is 0 Å². The van der Waals surface area contributed by atoms with E-state index in [0.29, 0.717) is 24.4 Å². The van der Waals surface area contributed by atoms with Crippen molar-refractivity contribution in [3.63, 3.8) is 0 Å². The Bertz CT molecular complexity index is 464. The van der Waals surface area contributed by atoms with Crippen molar-refractivity contribution in [3.05, 3.63) is 22.4 Å². The average molecular weight is 341 g/mol. The Morgan fingerprint density at radius 1 is 1.22 bits per heavy atom. The molecule has 2 atom stereocenters. The summed E-state index contributed by atoms with van der Waals surface area (Å²) in [7, 11) is 0. The molecule has 0 saturated heterocycles. The number of nitrogens with one attached hydrogen (secondary N) is 2. The molecule has 0 aliphatic carbocycles. The lowest BCUT2D eigenvalue weighted by molar-refractivity contribution is 0.0517. The van der Waals surface area contributed by atoms with E-state index in [1.54, 1.807) is 11.3 Å². The van der Waals surface area contributed by atoms with E-state index < -0.39 is 5.60 Å². The minimum absolute atomic E-state index is 0.192. The summed E-state index contributed by atoms with van der Waals surface area (Å²) in [5.41, 5.74) is -0.470. The number of carbonyl (C=O) groups excluding carboxylic acids is 1. The molecule has 1 rings (SSSR count). The van der Waals surface area contributed by atoms with Crippen LogP contribution in [0, 0.1) is 11.8 Å². The van der Waals surface area contributed by atoms with Crippen LogP contribution in [0.2, 0.25) is 0 Å². The molecule has 0 aliphatic heterocycles. The van der Waals surface area contributed by atoms with Gasteiger partial charge in [0.1, 0.15) is 5.60 Å². The van der Waals surface area contributed by atoms with Crippen LogP contribution in [0.15, 0.2) is 17.5 Å². The van der Waals surface area contributed by atoms with E-state index in [-0.39, 0.29) is 12.1 Å². The van der Waals surface area contributed by atoms with E-state index in [9.17, 15) is 4.79 Å². The molecule has 0 spiro atoms. The lowest BCUT2D eigenvalue weighted by atomic mass is 9.97. The van der Waals surface area contributed by atoms with Crippen molar-refractivity contribution in [3.8, 4) is 0 Å². The van der Waals surface area contributed by atoms with E-state index in [0.717, 1.165) is 0 Å². The number of amides is 1. The highest BCUT2D eigenvalue weighted by atomic mass is 32.1. The van der Waals surface area contributed by atoms with Gasteiger partial charge in [-0.2, -0.15) is 0 Å². The Morgan fingerprint density at radius 2 is 1.87 bits per heavy atom. The predicted octanol–water partition coefficient (Wildman–Crippen LogP) is 4.58. The Labute approximate surface area is 145 Å². The zero-order valence-corrected chi connectivity index (χ0v) is 16.3. The van der Waals surface area contributed by atoms with Crippen LogP contribution in [-0.2, 0) is 4.74 Å². The van der Waals surface area contributed by atoms with E-state index in [1.807, 2.05) is 20.8 Å². The molecule has 1 aromatic heterocycles. The fourth-order valence-electron chi connectivity index (χ4n) is 2.30. The lowest BCUT2D eigenvalue weighted by Crippen LogP contribution is -2.47. The molecule has 2 unspecified atom stereocenters. The highest BCUT2D eigenvalue weighted by Crippen LogP contribution is 2.27. The quantitative estimate of drug-likeness (QED) is 0.763. The van der Waals surface area contributed by atoms with E-state index in [1.165, 1.54) is 4.88 Å². The number of hydrogen-bond acceptors (Lipinski definition) is 4. The van der Waals surface area contributed by atoms with Crippen LogP contribution in [0.5, 0.6) is 0 Å². The van der Waals surface area contributed by atoms with Crippen LogP contribution in [0.1, 0.15) is 59.4 Å². The second-order valence-electron chi connectivity index (χ2n) is 7.64. The molecular formula is C18H32N2O2S. The second-order valence-corrected chi connectivity index (χ2v) is 8.62. The first-order chi connectivity index (χ1) is 10.6. The number of ether oxygens (including phenoxy) is 1. The monoisotopic (exact) mass is 340 g/mol. The molecule has 23 heavy (non-hydrogen) atoms. The van der Waals surface area contributed by atoms with E-state index >= 15 is 0 Å². The molecule has 0 saturated carbocycles. The van der Waals surface area contributed by atoms with Gasteiger partial charge in [-0.15, -0.1) is 11.3 Å². The summed E-state index contributed by atoms with van der Waals surface area (Å²) in [6.45, 7) is 14.9. The van der Waals surface area contributed by atoms with Gasteiger partial charge < -0.3 is 15.4 Å². The van der Waals surface area contributed by atoms with Crippen LogP contribution >= 0.6 is 11.3 Å². The smallest absolute Gasteiger partial charge is 0.407 e. The van der Waals surface area contributed by atoms with Gasteiger partial charge in [0.05, 0.1) is 0 Å². The summed E-state index contributed by atoms with van der Waals surface area (Å²) in [5.74, 6) is 0.891. The highest BCUT2D eigenvalue weighted by molar-refractivity contribution is 7.10. The number of carbonyl (C=O) groups is 1. The Morgan fingerprint density at radius 3 is 2.30 bits per heavy atom. The standard InChI is InChI=1S/C18H32N2O2S/c1-12(2)14(11-19-17(21)22-18(5,6)7)20-16(13(3)4)15-9-8-10-23-15/h8-10,12-14,16,20H,11H2,1-7H3,(H,19,21). The zero-order chi connectivity index (χ0) is 17.6. The molecule has 1 aromatic rings. The summed E-state index contributed by atoms with van der Waals surface area (Å²) < 4.78 is 5.32. The fraction of sp³-hybridized carbons (Fsp3) is 0.722. The van der Waals surface area contributed by atoms with Crippen LogP contribution < -0.4 is 10.6 Å². The second kappa shape index (κ2) is 8.69. The SMILES string of the molecule is CC(C)C(CNC(=O)OC(C)(C)C)NC(c1cccs1)C(C)C. The first-order valence-corrected chi connectivity index (χ1v) is 9.24. The van der Waals surface area contributed by atoms with Gasteiger partial charge in [-0.25, -0.2) is 4.79 Å². The molecule has 0 aliphatic rings. The Hall–Kier alpha value is -1.07. The van der Waals surface area contributed by atoms with Crippen molar-refractivity contribution < 1.29 is 9.53 Å². The maximum absolute atomic E-state index is 11.9. The number of alkyl carbamates (subject to hydrolysis) is 1. The highest BCUT2D eigenvalue weighted by Gasteiger charge is 2.24. The largest absolute Gasteiger partial charge is 0.444 e. The molecule has 5 heteroatoms. The summed E-state index contributed by atoms with van der Waals surface area (Å²) in [6.07, 6.45) is -0.359. The third kappa shape index (κ3) is 7.36. The predicted molar refractivity (Wildman–Crippen MR) is 97.9 cm³/mol. The molecule has 2 N–H and O–H groups in total. The van der Waals surface area contributed by atoms with Gasteiger partial charge >= 0.3 is 6.09 Å². The van der Waals surface area contributed by atoms with Gasteiger partial charge in [-0.05, 0) is 44.1 Å². The average Bonchev–Trinajstić information content (AvgIpc) is 2.89. The molecule has 132 valence electrons. The van der Waals surface area contributed by atoms with Crippen LogP contribution in [0.4, 0.5) is 4.79 Å². The van der Waals surface area contributed by atoms with Crippen molar-refractivity contribution in [2.75, 3.05) is 6.54 Å². The Kier molecular flexibility index (Phi) is 7.55. The third-order valence-electron chi connectivity index (χ3n) is 3.58. The molecular weight excluding hydrogens is 308 g/mol. The van der Waals surface area contributed by atoms with E-state index in [2.05, 4.69) is 55.8 Å². The van der Waals surface area contributed by atoms with Crippen molar-refractivity contribution in [2.24, 2.45) is 11.8 Å². The van der Waals surface area contributed by atoms with Crippen LogP contribution in [-0.4, -0.2) is 24.3 Å². The minimum Gasteiger partial charge on any atom is -0.444 e. The number of thiophene rings is 1. The van der Waals surface area contributed by atoms with Crippen molar-refractivity contribution in [1.29, 1.82) is 0 Å². The topological polar surface area (TPSA) is 50.4 Å². The number of rotatable bonds is 7. The maximum atomic E-state index is 11.9. The summed E-state index contributed by atoms with van der Waals surface area (Å²) in [5, 5.41) is 8.71. The van der Waals surface area contributed by atoms with Crippen molar-refractivity contribution in [2.45, 2.75) is 66.2 Å². The van der Waals surface area contributed by atoms with Gasteiger partial charge in [0.2, 0.25) is 0 Å². The summed E-state index contributed by atoms with van der Waals surface area (Å²) in [6, 6.07) is 4.74. The van der Waals surface area contributed by atoms with Crippen LogP contribution in [0.25, 0.3) is 0 Å². The minimum atomic E-state index is -0.470. The molecule has 1 heterocycles. The van der Waals surface area contributed by atoms with Gasteiger partial charge in [-0.3, -0.25) is 0 Å². The van der Waals surface area contributed by atoms with Crippen molar-refractivity contribution in [1.82, 2.24) is 10.6 Å². The summed E-state index contributed by atoms with van der Waals surface area (Å²) in [4.78, 5) is 13.2. The summed E-state index contributed by atoms with van der Waals surface area (Å²) >= 11 is 1.77. The first kappa shape index (κ1) is 20.0. The molecule has 1 amide bonds. The zero-order valence-electron chi connectivity index (χ0n) is 15.5. The lowest BCUT2D eigenvalue weighted by Gasteiger charge is -2.30. The van der Waals surface area contributed by atoms with Gasteiger partial charge in [0, 0.05) is 23.5 Å². The number of hydrogen-bond donors (Lipinski definition) is 2. The Balaban J connectivity index is 2.65. The molecule has 0 aromatic carbocycles. The molecule has 0 radical (unpaired) electrons. The van der Waals surface area contributed by atoms with E-state index in [4.69, 9.17) is 4.74 Å². The first-order valence-electron chi connectivity index (χ1n) is 8.36. The van der Waals surface area contributed by atoms with Crippen LogP contribution in [0.3, 0.4) is 0 Å².